The second kappa shape index (κ2) is 8.83. The van der Waals surface area contributed by atoms with E-state index in [1.165, 1.54) is 11.1 Å². The van der Waals surface area contributed by atoms with Crippen LogP contribution in [-0.2, 0) is 6.42 Å². The first-order chi connectivity index (χ1) is 11.2. The van der Waals surface area contributed by atoms with Gasteiger partial charge in [-0.3, -0.25) is 4.99 Å². The van der Waals surface area contributed by atoms with Gasteiger partial charge in [0.2, 0.25) is 0 Å². The summed E-state index contributed by atoms with van der Waals surface area (Å²) in [5, 5.41) is 6.71. The Hall–Kier alpha value is -2.49. The summed E-state index contributed by atoms with van der Waals surface area (Å²) >= 11 is 0. The molecule has 0 amide bonds. The van der Waals surface area contributed by atoms with Crippen LogP contribution in [0.1, 0.15) is 29.9 Å². The van der Waals surface area contributed by atoms with Gasteiger partial charge in [-0.2, -0.15) is 0 Å². The number of hydrogen-bond acceptors (Lipinski definition) is 2. The molecule has 0 radical (unpaired) electrons. The largest absolute Gasteiger partial charge is 0.469 e. The lowest BCUT2D eigenvalue weighted by molar-refractivity contribution is 0.510. The molecule has 4 heteroatoms. The first-order valence-corrected chi connectivity index (χ1v) is 7.94. The molecule has 0 aliphatic heterocycles. The van der Waals surface area contributed by atoms with Crippen molar-refractivity contribution in [2.45, 2.75) is 26.3 Å². The molecule has 0 saturated heterocycles. The van der Waals surface area contributed by atoms with E-state index in [2.05, 4.69) is 60.3 Å². The molecule has 0 fully saturated rings. The molecule has 1 heterocycles. The Morgan fingerprint density at radius 2 is 2.13 bits per heavy atom. The number of hydrogen-bond donors (Lipinski definition) is 2. The first kappa shape index (κ1) is 16.9. The van der Waals surface area contributed by atoms with Gasteiger partial charge >= 0.3 is 0 Å². The minimum Gasteiger partial charge on any atom is -0.469 e. The second-order valence-corrected chi connectivity index (χ2v) is 5.45. The summed E-state index contributed by atoms with van der Waals surface area (Å²) in [4.78, 5) is 4.62. The summed E-state index contributed by atoms with van der Waals surface area (Å²) in [5.74, 6) is 1.73. The van der Waals surface area contributed by atoms with Crippen LogP contribution in [0.4, 0.5) is 0 Å². The van der Waals surface area contributed by atoms with Crippen LogP contribution in [0, 0.1) is 6.92 Å². The molecular formula is C19H25N3O. The first-order valence-electron chi connectivity index (χ1n) is 7.94. The smallest absolute Gasteiger partial charge is 0.191 e. The zero-order valence-electron chi connectivity index (χ0n) is 13.9. The molecule has 1 atom stereocenters. The van der Waals surface area contributed by atoms with Crippen molar-refractivity contribution >= 4 is 5.96 Å². The fraction of sp³-hybridized carbons (Fsp3) is 0.316. The third kappa shape index (κ3) is 5.33. The molecule has 4 nitrogen and oxygen atoms in total. The number of nitrogens with zero attached hydrogens (tertiary/aromatic N) is 1. The molecule has 1 aromatic carbocycles. The van der Waals surface area contributed by atoms with Crippen LogP contribution >= 0.6 is 0 Å². The number of rotatable bonds is 7. The SMILES string of the molecule is C=CCNC(=NCCc1ccco1)NC(C)c1ccccc1C. The van der Waals surface area contributed by atoms with E-state index >= 15 is 0 Å². The standard InChI is InChI=1S/C19H25N3O/c1-4-12-20-19(21-13-11-17-9-7-14-23-17)22-16(3)18-10-6-5-8-15(18)2/h4-10,14,16H,1,11-13H2,2-3H3,(H2,20,21,22). The molecule has 2 rings (SSSR count). The number of benzene rings is 1. The van der Waals surface area contributed by atoms with Gasteiger partial charge in [0.1, 0.15) is 5.76 Å². The van der Waals surface area contributed by atoms with Gasteiger partial charge in [-0.05, 0) is 37.1 Å². The minimum absolute atomic E-state index is 0.177. The number of furan rings is 1. The highest BCUT2D eigenvalue weighted by Gasteiger charge is 2.09. The Bertz CT molecular complexity index is 632. The summed E-state index contributed by atoms with van der Waals surface area (Å²) in [6.07, 6.45) is 4.29. The van der Waals surface area contributed by atoms with E-state index in [0.717, 1.165) is 18.1 Å². The van der Waals surface area contributed by atoms with Crippen LogP contribution in [0.15, 0.2) is 64.7 Å². The van der Waals surface area contributed by atoms with Crippen molar-refractivity contribution in [2.24, 2.45) is 4.99 Å². The van der Waals surface area contributed by atoms with Crippen LogP contribution < -0.4 is 10.6 Å². The Balaban J connectivity index is 1.99. The van der Waals surface area contributed by atoms with Crippen molar-refractivity contribution in [3.05, 3.63) is 72.2 Å². The summed E-state index contributed by atoms with van der Waals surface area (Å²) in [7, 11) is 0. The molecule has 0 spiro atoms. The fourth-order valence-electron chi connectivity index (χ4n) is 2.41. The van der Waals surface area contributed by atoms with E-state index in [4.69, 9.17) is 4.42 Å². The van der Waals surface area contributed by atoms with Gasteiger partial charge in [0.25, 0.3) is 0 Å². The number of nitrogens with one attached hydrogen (secondary N) is 2. The maximum Gasteiger partial charge on any atom is 0.191 e. The summed E-state index contributed by atoms with van der Waals surface area (Å²) in [6.45, 7) is 9.35. The maximum atomic E-state index is 5.34. The van der Waals surface area contributed by atoms with Gasteiger partial charge in [0, 0.05) is 19.5 Å². The molecular weight excluding hydrogens is 286 g/mol. The van der Waals surface area contributed by atoms with Gasteiger partial charge in [-0.25, -0.2) is 0 Å². The zero-order valence-corrected chi connectivity index (χ0v) is 13.9. The van der Waals surface area contributed by atoms with E-state index < -0.39 is 0 Å². The molecule has 2 aromatic rings. The average Bonchev–Trinajstić information content (AvgIpc) is 3.06. The predicted octanol–water partition coefficient (Wildman–Crippen LogP) is 3.61. The van der Waals surface area contributed by atoms with Crippen LogP contribution in [0.3, 0.4) is 0 Å². The van der Waals surface area contributed by atoms with Crippen molar-refractivity contribution < 1.29 is 4.42 Å². The predicted molar refractivity (Wildman–Crippen MR) is 95.6 cm³/mol. The molecule has 1 aromatic heterocycles. The Kier molecular flexibility index (Phi) is 6.48. The number of guanidine groups is 1. The van der Waals surface area contributed by atoms with Crippen molar-refractivity contribution in [3.8, 4) is 0 Å². The monoisotopic (exact) mass is 311 g/mol. The molecule has 2 N–H and O–H groups in total. The lowest BCUT2D eigenvalue weighted by Gasteiger charge is -2.19. The third-order valence-electron chi connectivity index (χ3n) is 3.63. The molecule has 0 aliphatic carbocycles. The highest BCUT2D eigenvalue weighted by Crippen LogP contribution is 2.16. The molecule has 0 aliphatic rings. The normalized spacial score (nSPS) is 12.7. The zero-order chi connectivity index (χ0) is 16.5. The summed E-state index contributed by atoms with van der Waals surface area (Å²) in [6, 6.07) is 12.4. The summed E-state index contributed by atoms with van der Waals surface area (Å²) < 4.78 is 5.34. The van der Waals surface area contributed by atoms with Crippen molar-refractivity contribution in [3.63, 3.8) is 0 Å². The molecule has 0 saturated carbocycles. The minimum atomic E-state index is 0.177. The van der Waals surface area contributed by atoms with Gasteiger partial charge in [0.05, 0.1) is 12.3 Å². The molecule has 0 bridgehead atoms. The van der Waals surface area contributed by atoms with E-state index in [-0.39, 0.29) is 6.04 Å². The maximum absolute atomic E-state index is 5.34. The highest BCUT2D eigenvalue weighted by molar-refractivity contribution is 5.80. The van der Waals surface area contributed by atoms with E-state index in [0.29, 0.717) is 13.1 Å². The van der Waals surface area contributed by atoms with Gasteiger partial charge < -0.3 is 15.1 Å². The van der Waals surface area contributed by atoms with E-state index in [1.54, 1.807) is 6.26 Å². The van der Waals surface area contributed by atoms with Gasteiger partial charge in [-0.15, -0.1) is 6.58 Å². The number of aryl methyl sites for hydroxylation is 1. The molecule has 122 valence electrons. The Labute approximate surface area is 138 Å². The third-order valence-corrected chi connectivity index (χ3v) is 3.63. The van der Waals surface area contributed by atoms with Gasteiger partial charge in [0.15, 0.2) is 5.96 Å². The van der Waals surface area contributed by atoms with Crippen LogP contribution in [-0.4, -0.2) is 19.0 Å². The highest BCUT2D eigenvalue weighted by atomic mass is 16.3. The Morgan fingerprint density at radius 3 is 2.83 bits per heavy atom. The number of aliphatic imine (C=N–C) groups is 1. The molecule has 23 heavy (non-hydrogen) atoms. The quantitative estimate of drug-likeness (QED) is 0.466. The molecule has 1 unspecified atom stereocenters. The fourth-order valence-corrected chi connectivity index (χ4v) is 2.41. The van der Waals surface area contributed by atoms with Crippen molar-refractivity contribution in [1.29, 1.82) is 0 Å². The average molecular weight is 311 g/mol. The van der Waals surface area contributed by atoms with Crippen molar-refractivity contribution in [2.75, 3.05) is 13.1 Å². The van der Waals surface area contributed by atoms with Crippen LogP contribution in [0.2, 0.25) is 0 Å². The van der Waals surface area contributed by atoms with E-state index in [9.17, 15) is 0 Å². The lowest BCUT2D eigenvalue weighted by Crippen LogP contribution is -2.39. The van der Waals surface area contributed by atoms with E-state index in [1.807, 2.05) is 18.2 Å². The lowest BCUT2D eigenvalue weighted by atomic mass is 10.0. The topological polar surface area (TPSA) is 49.6 Å². The van der Waals surface area contributed by atoms with Crippen LogP contribution in [0.5, 0.6) is 0 Å². The summed E-state index contributed by atoms with van der Waals surface area (Å²) in [5.41, 5.74) is 2.54. The van der Waals surface area contributed by atoms with Crippen LogP contribution in [0.25, 0.3) is 0 Å². The second-order valence-electron chi connectivity index (χ2n) is 5.45. The van der Waals surface area contributed by atoms with Crippen molar-refractivity contribution in [1.82, 2.24) is 10.6 Å². The Morgan fingerprint density at radius 1 is 1.30 bits per heavy atom. The van der Waals surface area contributed by atoms with Gasteiger partial charge in [-0.1, -0.05) is 30.3 Å².